The van der Waals surface area contributed by atoms with Crippen molar-refractivity contribution in [2.24, 2.45) is 0 Å². The maximum atomic E-state index is 12.7. The highest BCUT2D eigenvalue weighted by molar-refractivity contribution is 7.45. The summed E-state index contributed by atoms with van der Waals surface area (Å²) in [6.45, 7) is 5.01. The van der Waals surface area contributed by atoms with Gasteiger partial charge in [-0.15, -0.1) is 0 Å². The summed E-state index contributed by atoms with van der Waals surface area (Å²) in [5, 5.41) is 0. The van der Waals surface area contributed by atoms with Gasteiger partial charge in [0, 0.05) is 13.0 Å². The topological polar surface area (TPSA) is 94.1 Å². The number of hydrogen-bond donors (Lipinski definition) is 0. The maximum absolute atomic E-state index is 12.7. The van der Waals surface area contributed by atoms with Crippen LogP contribution in [0.1, 0.15) is 129 Å². The van der Waals surface area contributed by atoms with Gasteiger partial charge in [0.05, 0.1) is 34.4 Å². The minimum absolute atomic E-state index is 0.00572. The normalized spacial score (nSPS) is 14.8. The number of ether oxygens (including phenoxy) is 2. The molecule has 0 N–H and O–H groups in total. The molecular weight excluding hydrogens is 734 g/mol. The second-order valence-electron chi connectivity index (χ2n) is 14.9. The van der Waals surface area contributed by atoms with Gasteiger partial charge in [-0.1, -0.05) is 136 Å². The quantitative estimate of drug-likeness (QED) is 0.0201. The van der Waals surface area contributed by atoms with Crippen LogP contribution in [0.15, 0.2) is 109 Å². The minimum atomic E-state index is -4.55. The Morgan fingerprint density at radius 1 is 0.544 bits per heavy atom. The number of hydrogen-bond acceptors (Lipinski definition) is 7. The molecule has 0 aromatic rings. The fourth-order valence-corrected chi connectivity index (χ4v) is 5.76. The summed E-state index contributed by atoms with van der Waals surface area (Å²) in [5.41, 5.74) is 0. The lowest BCUT2D eigenvalue weighted by Crippen LogP contribution is -2.37. The third kappa shape index (κ3) is 44.1. The fourth-order valence-electron chi connectivity index (χ4n) is 5.03. The Kier molecular flexibility index (Phi) is 38.0. The van der Waals surface area contributed by atoms with Crippen molar-refractivity contribution >= 4 is 13.8 Å². The number of nitrogens with zero attached hydrogens (tertiary/aromatic N) is 1. The summed E-state index contributed by atoms with van der Waals surface area (Å²) in [5.74, 6) is -0.383. The number of phosphoric acid groups is 1. The molecule has 0 amide bonds. The summed E-state index contributed by atoms with van der Waals surface area (Å²) in [7, 11) is 1.29. The average Bonchev–Trinajstić information content (AvgIpc) is 3.16. The molecule has 324 valence electrons. The molecule has 0 heterocycles. The van der Waals surface area contributed by atoms with Crippen molar-refractivity contribution in [1.29, 1.82) is 0 Å². The van der Waals surface area contributed by atoms with Crippen LogP contribution in [-0.2, 0) is 27.9 Å². The Bertz CT molecular complexity index is 1270. The predicted octanol–water partition coefficient (Wildman–Crippen LogP) is 12.2. The molecule has 0 aliphatic heterocycles. The molecule has 2 unspecified atom stereocenters. The molecule has 0 spiro atoms. The Balaban J connectivity index is 4.41. The van der Waals surface area contributed by atoms with Gasteiger partial charge in [0.15, 0.2) is 0 Å². The fraction of sp³-hybridized carbons (Fsp3) is 0.604. The van der Waals surface area contributed by atoms with Gasteiger partial charge in [-0.2, -0.15) is 0 Å². The Hall–Kier alpha value is -2.84. The molecule has 8 nitrogen and oxygen atoms in total. The van der Waals surface area contributed by atoms with Crippen molar-refractivity contribution < 1.29 is 37.3 Å². The highest BCUT2D eigenvalue weighted by Gasteiger charge is 2.20. The molecule has 0 saturated heterocycles. The Labute approximate surface area is 349 Å². The number of esters is 1. The molecule has 0 bridgehead atoms. The largest absolute Gasteiger partial charge is 0.756 e. The van der Waals surface area contributed by atoms with Crippen LogP contribution in [-0.4, -0.2) is 70.7 Å². The van der Waals surface area contributed by atoms with Gasteiger partial charge in [-0.3, -0.25) is 9.36 Å². The number of quaternary nitrogens is 1. The molecule has 0 fully saturated rings. The van der Waals surface area contributed by atoms with Crippen molar-refractivity contribution in [2.75, 3.05) is 54.1 Å². The lowest BCUT2D eigenvalue weighted by atomic mass is 10.1. The van der Waals surface area contributed by atoms with Crippen LogP contribution in [0.4, 0.5) is 0 Å². The van der Waals surface area contributed by atoms with Crippen LogP contribution in [0.25, 0.3) is 0 Å². The van der Waals surface area contributed by atoms with Gasteiger partial charge in [0.25, 0.3) is 7.82 Å². The molecule has 0 aromatic heterocycles. The molecule has 0 rings (SSSR count). The Morgan fingerprint density at radius 2 is 0.965 bits per heavy atom. The molecule has 0 aliphatic carbocycles. The van der Waals surface area contributed by atoms with Gasteiger partial charge >= 0.3 is 5.97 Å². The first-order valence-corrected chi connectivity index (χ1v) is 23.1. The van der Waals surface area contributed by atoms with Crippen LogP contribution in [0.2, 0.25) is 0 Å². The zero-order chi connectivity index (χ0) is 42.0. The first-order chi connectivity index (χ1) is 27.6. The van der Waals surface area contributed by atoms with Gasteiger partial charge in [0.2, 0.25) is 0 Å². The average molecular weight is 814 g/mol. The lowest BCUT2D eigenvalue weighted by molar-refractivity contribution is -0.870. The van der Waals surface area contributed by atoms with Crippen molar-refractivity contribution in [1.82, 2.24) is 0 Å². The first-order valence-electron chi connectivity index (χ1n) is 21.6. The van der Waals surface area contributed by atoms with E-state index in [2.05, 4.69) is 123 Å². The molecule has 0 saturated carbocycles. The highest BCUT2D eigenvalue weighted by Crippen LogP contribution is 2.38. The van der Waals surface area contributed by atoms with E-state index in [9.17, 15) is 14.3 Å². The Morgan fingerprint density at radius 3 is 1.40 bits per heavy atom. The zero-order valence-electron chi connectivity index (χ0n) is 36.5. The van der Waals surface area contributed by atoms with E-state index in [0.29, 0.717) is 24.1 Å². The second-order valence-corrected chi connectivity index (χ2v) is 16.3. The number of carbonyl (C=O) groups is 1. The molecule has 57 heavy (non-hydrogen) atoms. The van der Waals surface area contributed by atoms with E-state index in [1.54, 1.807) is 0 Å². The summed E-state index contributed by atoms with van der Waals surface area (Å²) >= 11 is 0. The van der Waals surface area contributed by atoms with Crippen molar-refractivity contribution in [3.05, 3.63) is 109 Å². The molecule has 0 aromatic carbocycles. The van der Waals surface area contributed by atoms with Crippen molar-refractivity contribution in [3.63, 3.8) is 0 Å². The smallest absolute Gasteiger partial charge is 0.306 e. The van der Waals surface area contributed by atoms with E-state index in [-0.39, 0.29) is 32.2 Å². The first kappa shape index (κ1) is 54.2. The van der Waals surface area contributed by atoms with Crippen LogP contribution in [0.3, 0.4) is 0 Å². The van der Waals surface area contributed by atoms with Gasteiger partial charge < -0.3 is 27.9 Å². The number of likely N-dealkylation sites (N-methyl/N-ethyl adjacent to an activating group) is 1. The van der Waals surface area contributed by atoms with Crippen LogP contribution >= 0.6 is 7.82 Å². The number of carbonyl (C=O) groups excluding carboxylic acids is 1. The lowest BCUT2D eigenvalue weighted by Gasteiger charge is -2.28. The summed E-state index contributed by atoms with van der Waals surface area (Å²) < 4.78 is 34.5. The third-order valence-electron chi connectivity index (χ3n) is 8.32. The molecule has 0 aliphatic rings. The summed E-state index contributed by atoms with van der Waals surface area (Å²) in [6.07, 6.45) is 55.4. The van der Waals surface area contributed by atoms with E-state index in [1.807, 2.05) is 21.1 Å². The number of rotatable bonds is 38. The number of unbranched alkanes of at least 4 members (excludes halogenated alkanes) is 6. The van der Waals surface area contributed by atoms with E-state index in [4.69, 9.17) is 18.5 Å². The number of allylic oxidation sites excluding steroid dienone is 18. The van der Waals surface area contributed by atoms with Crippen LogP contribution in [0, 0.1) is 0 Å². The van der Waals surface area contributed by atoms with E-state index in [1.165, 1.54) is 0 Å². The zero-order valence-corrected chi connectivity index (χ0v) is 37.4. The maximum Gasteiger partial charge on any atom is 0.306 e. The van der Waals surface area contributed by atoms with Crippen molar-refractivity contribution in [3.8, 4) is 0 Å². The summed E-state index contributed by atoms with van der Waals surface area (Å²) in [4.78, 5) is 25.0. The van der Waals surface area contributed by atoms with E-state index < -0.39 is 13.9 Å². The van der Waals surface area contributed by atoms with Crippen LogP contribution in [0.5, 0.6) is 0 Å². The van der Waals surface area contributed by atoms with Crippen LogP contribution < -0.4 is 4.89 Å². The minimum Gasteiger partial charge on any atom is -0.756 e. The van der Waals surface area contributed by atoms with E-state index >= 15 is 0 Å². The van der Waals surface area contributed by atoms with Gasteiger partial charge in [0.1, 0.15) is 19.3 Å². The van der Waals surface area contributed by atoms with Gasteiger partial charge in [-0.05, 0) is 96.3 Å². The monoisotopic (exact) mass is 814 g/mol. The molecule has 0 radical (unpaired) electrons. The molecule has 2 atom stereocenters. The predicted molar refractivity (Wildman–Crippen MR) is 240 cm³/mol. The highest BCUT2D eigenvalue weighted by atomic mass is 31.2. The van der Waals surface area contributed by atoms with Gasteiger partial charge in [-0.25, -0.2) is 0 Å². The third-order valence-corrected chi connectivity index (χ3v) is 9.28. The SMILES string of the molecule is CC/C=C\C/C=C\C/C=C\C/C=C\C/C=C\CCCCCC(=O)OC(COCCCCC/C=C\C/C=C\C/C=C\C/C=C\CC)COP(=O)([O-])OCC[N+](C)(C)C. The second kappa shape index (κ2) is 40.0. The summed E-state index contributed by atoms with van der Waals surface area (Å²) in [6, 6.07) is 0. The molecule has 9 heteroatoms. The number of phosphoric ester groups is 1. The standard InChI is InChI=1S/C48H80NO7P/c1-6-8-10-12-14-16-18-20-22-24-25-26-27-29-31-33-35-37-39-41-48(50)56-47(46-55-57(51,52)54-44-42-49(3,4)5)45-53-43-40-38-36-34-32-30-28-23-21-19-17-15-13-11-9-7-2/h8-11,14-17,20-23,25-26,29-32,47H,6-7,12-13,18-19,24,27-28,33-46H2,1-5H3/b10-8-,11-9-,16-14-,17-15-,22-20-,23-21-,26-25-,31-29-,32-30-. The molecular formula is C48H80NO7P. The van der Waals surface area contributed by atoms with E-state index in [0.717, 1.165) is 103 Å². The van der Waals surface area contributed by atoms with Crippen molar-refractivity contribution in [2.45, 2.75) is 136 Å².